The Morgan fingerprint density at radius 1 is 1.30 bits per heavy atom. The highest BCUT2D eigenvalue weighted by Crippen LogP contribution is 2.40. The summed E-state index contributed by atoms with van der Waals surface area (Å²) < 4.78 is 43.2. The van der Waals surface area contributed by atoms with Gasteiger partial charge in [0, 0.05) is 18.4 Å². The molecule has 23 heavy (non-hydrogen) atoms. The van der Waals surface area contributed by atoms with Crippen LogP contribution in [0.5, 0.6) is 0 Å². The number of carbonyl (C=O) groups excluding carboxylic acids is 1. The summed E-state index contributed by atoms with van der Waals surface area (Å²) in [5.74, 6) is -1.14. The Kier molecular flexibility index (Phi) is 3.67. The number of carbonyl (C=O) groups is 1. The number of aromatic nitrogens is 2. The Hall–Kier alpha value is -2.64. The Labute approximate surface area is 129 Å². The van der Waals surface area contributed by atoms with Crippen molar-refractivity contribution in [2.45, 2.75) is 12.1 Å². The summed E-state index contributed by atoms with van der Waals surface area (Å²) in [6, 6.07) is 7.75. The van der Waals surface area contributed by atoms with Gasteiger partial charge in [0.05, 0.1) is 7.11 Å². The Morgan fingerprint density at radius 2 is 2.04 bits per heavy atom. The maximum Gasteiger partial charge on any atom is 0.433 e. The lowest BCUT2D eigenvalue weighted by Crippen LogP contribution is -2.23. The molecule has 1 aromatic carbocycles. The largest absolute Gasteiger partial charge is 0.468 e. The van der Waals surface area contributed by atoms with Gasteiger partial charge in [0.15, 0.2) is 0 Å². The first kappa shape index (κ1) is 15.3. The van der Waals surface area contributed by atoms with Crippen LogP contribution in [0.1, 0.15) is 17.2 Å². The van der Waals surface area contributed by atoms with Gasteiger partial charge in [0.1, 0.15) is 11.6 Å². The molecule has 0 spiro atoms. The van der Waals surface area contributed by atoms with Crippen molar-refractivity contribution in [3.8, 4) is 0 Å². The van der Waals surface area contributed by atoms with Gasteiger partial charge in [-0.25, -0.2) is 9.97 Å². The Morgan fingerprint density at radius 3 is 2.74 bits per heavy atom. The number of esters is 1. The number of alkyl halides is 3. The van der Waals surface area contributed by atoms with Crippen LogP contribution in [0.4, 0.5) is 24.8 Å². The quantitative estimate of drug-likeness (QED) is 0.796. The molecule has 0 saturated carbocycles. The number of nitrogens with zero attached hydrogens (tertiary/aromatic N) is 3. The molecule has 0 bridgehead atoms. The molecule has 0 amide bonds. The summed E-state index contributed by atoms with van der Waals surface area (Å²) in [4.78, 5) is 20.9. The van der Waals surface area contributed by atoms with Crippen molar-refractivity contribution in [3.05, 3.63) is 47.8 Å². The van der Waals surface area contributed by atoms with Crippen molar-refractivity contribution in [2.75, 3.05) is 18.6 Å². The lowest BCUT2D eigenvalue weighted by molar-refractivity contribution is -0.142. The summed E-state index contributed by atoms with van der Waals surface area (Å²) in [7, 11) is 1.27. The summed E-state index contributed by atoms with van der Waals surface area (Å²) in [6.07, 6.45) is -3.50. The number of fused-ring (bicyclic) bond motifs is 1. The third kappa shape index (κ3) is 2.71. The molecular formula is C15H12F3N3O2. The number of benzene rings is 1. The van der Waals surface area contributed by atoms with Crippen molar-refractivity contribution in [2.24, 2.45) is 0 Å². The normalized spacial score (nSPS) is 17.0. The van der Waals surface area contributed by atoms with Crippen LogP contribution in [-0.4, -0.2) is 29.6 Å². The van der Waals surface area contributed by atoms with Gasteiger partial charge >= 0.3 is 12.1 Å². The fourth-order valence-electron chi connectivity index (χ4n) is 2.58. The molecule has 8 heteroatoms. The van der Waals surface area contributed by atoms with Gasteiger partial charge in [-0.1, -0.05) is 18.2 Å². The Bertz CT molecular complexity index is 749. The number of ether oxygens (including phenoxy) is 1. The molecule has 3 rings (SSSR count). The number of halogens is 3. The zero-order valence-electron chi connectivity index (χ0n) is 12.0. The number of anilines is 2. The highest BCUT2D eigenvalue weighted by molar-refractivity contribution is 5.86. The third-order valence-electron chi connectivity index (χ3n) is 3.63. The first-order chi connectivity index (χ1) is 10.9. The van der Waals surface area contributed by atoms with E-state index in [9.17, 15) is 18.0 Å². The minimum absolute atomic E-state index is 0.0984. The van der Waals surface area contributed by atoms with Crippen molar-refractivity contribution >= 4 is 17.6 Å². The van der Waals surface area contributed by atoms with E-state index in [0.29, 0.717) is 11.3 Å². The van der Waals surface area contributed by atoms with Gasteiger partial charge < -0.3 is 9.64 Å². The van der Waals surface area contributed by atoms with E-state index in [4.69, 9.17) is 4.74 Å². The van der Waals surface area contributed by atoms with E-state index in [0.717, 1.165) is 12.3 Å². The molecule has 0 aliphatic carbocycles. The number of para-hydroxylation sites is 1. The maximum atomic E-state index is 12.8. The van der Waals surface area contributed by atoms with Crippen LogP contribution in [0.3, 0.4) is 0 Å². The van der Waals surface area contributed by atoms with Crippen LogP contribution in [0.25, 0.3) is 0 Å². The van der Waals surface area contributed by atoms with Gasteiger partial charge in [-0.05, 0) is 17.7 Å². The molecule has 2 aromatic rings. The Balaban J connectivity index is 2.03. The van der Waals surface area contributed by atoms with E-state index in [1.54, 1.807) is 24.3 Å². The van der Waals surface area contributed by atoms with Crippen molar-refractivity contribution in [1.29, 1.82) is 0 Å². The molecule has 0 fully saturated rings. The van der Waals surface area contributed by atoms with Gasteiger partial charge in [0.2, 0.25) is 5.95 Å². The van der Waals surface area contributed by atoms with Crippen LogP contribution in [0.15, 0.2) is 36.5 Å². The fraction of sp³-hybridized carbons (Fsp3) is 0.267. The molecule has 1 aliphatic heterocycles. The predicted molar refractivity (Wildman–Crippen MR) is 75.2 cm³/mol. The molecule has 0 saturated heterocycles. The number of rotatable bonds is 2. The molecule has 1 aliphatic rings. The lowest BCUT2D eigenvalue weighted by Gasteiger charge is -2.18. The van der Waals surface area contributed by atoms with E-state index in [-0.39, 0.29) is 12.5 Å². The molecule has 2 heterocycles. The van der Waals surface area contributed by atoms with Gasteiger partial charge in [-0.2, -0.15) is 13.2 Å². The van der Waals surface area contributed by atoms with E-state index >= 15 is 0 Å². The van der Waals surface area contributed by atoms with Crippen molar-refractivity contribution in [3.63, 3.8) is 0 Å². The summed E-state index contributed by atoms with van der Waals surface area (Å²) in [5, 5.41) is 0. The standard InChI is InChI=1S/C15H12F3N3O2/c1-23-13(22)10-8-21(11-5-3-2-4-9(10)11)14-19-7-6-12(20-14)15(16,17)18/h2-7,10H,8H2,1H3. The highest BCUT2D eigenvalue weighted by atomic mass is 19.4. The molecule has 5 nitrogen and oxygen atoms in total. The van der Waals surface area contributed by atoms with Gasteiger partial charge in [0.25, 0.3) is 0 Å². The zero-order valence-corrected chi connectivity index (χ0v) is 12.0. The second kappa shape index (κ2) is 5.53. The smallest absolute Gasteiger partial charge is 0.433 e. The average Bonchev–Trinajstić information content (AvgIpc) is 2.93. The SMILES string of the molecule is COC(=O)C1CN(c2nccc(C(F)(F)F)n2)c2ccccc21. The van der Waals surface area contributed by atoms with E-state index in [1.807, 2.05) is 0 Å². The van der Waals surface area contributed by atoms with E-state index in [1.165, 1.54) is 12.0 Å². The fourth-order valence-corrected chi connectivity index (χ4v) is 2.58. The molecule has 1 aromatic heterocycles. The second-order valence-corrected chi connectivity index (χ2v) is 4.98. The minimum Gasteiger partial charge on any atom is -0.468 e. The minimum atomic E-state index is -4.56. The van der Waals surface area contributed by atoms with Gasteiger partial charge in [-0.15, -0.1) is 0 Å². The number of hydrogen-bond acceptors (Lipinski definition) is 5. The highest BCUT2D eigenvalue weighted by Gasteiger charge is 2.38. The monoisotopic (exact) mass is 323 g/mol. The average molecular weight is 323 g/mol. The third-order valence-corrected chi connectivity index (χ3v) is 3.63. The lowest BCUT2D eigenvalue weighted by atomic mass is 10.0. The second-order valence-electron chi connectivity index (χ2n) is 4.98. The predicted octanol–water partition coefficient (Wildman–Crippen LogP) is 2.90. The number of hydrogen-bond donors (Lipinski definition) is 0. The molecule has 1 unspecified atom stereocenters. The van der Waals surface area contributed by atoms with Crippen LogP contribution >= 0.6 is 0 Å². The summed E-state index contributed by atoms with van der Waals surface area (Å²) >= 11 is 0. The molecule has 120 valence electrons. The van der Waals surface area contributed by atoms with E-state index < -0.39 is 23.8 Å². The first-order valence-corrected chi connectivity index (χ1v) is 6.76. The van der Waals surface area contributed by atoms with Crippen LogP contribution in [0, 0.1) is 0 Å². The first-order valence-electron chi connectivity index (χ1n) is 6.76. The van der Waals surface area contributed by atoms with Crippen LogP contribution < -0.4 is 4.90 Å². The van der Waals surface area contributed by atoms with Crippen molar-refractivity contribution < 1.29 is 22.7 Å². The summed E-state index contributed by atoms with van der Waals surface area (Å²) in [5.41, 5.74) is 0.254. The molecule has 0 radical (unpaired) electrons. The molecular weight excluding hydrogens is 311 g/mol. The number of methoxy groups -OCH3 is 1. The van der Waals surface area contributed by atoms with Crippen molar-refractivity contribution in [1.82, 2.24) is 9.97 Å². The van der Waals surface area contributed by atoms with E-state index in [2.05, 4.69) is 9.97 Å². The topological polar surface area (TPSA) is 55.3 Å². The van der Waals surface area contributed by atoms with Gasteiger partial charge in [-0.3, -0.25) is 4.79 Å². The summed E-state index contributed by atoms with van der Waals surface area (Å²) in [6.45, 7) is 0.132. The maximum absolute atomic E-state index is 12.8. The zero-order chi connectivity index (χ0) is 16.6. The molecule has 0 N–H and O–H groups in total. The van der Waals surface area contributed by atoms with Crippen LogP contribution in [-0.2, 0) is 15.7 Å². The van der Waals surface area contributed by atoms with Crippen LogP contribution in [0.2, 0.25) is 0 Å². The molecule has 1 atom stereocenters.